The van der Waals surface area contributed by atoms with Crippen LogP contribution in [0.1, 0.15) is 138 Å². The van der Waals surface area contributed by atoms with Crippen molar-refractivity contribution in [3.05, 3.63) is 116 Å². The Morgan fingerprint density at radius 1 is 0.554 bits per heavy atom. The highest BCUT2D eigenvalue weighted by molar-refractivity contribution is 5.77. The standard InChI is InChI=1S/C30H37F3N4O4.C23H27F3N4O3.C7H12O2/c31-30(32,33)26-18-23(7-10-27(26)37(39)40)17-22-5-8-25(9-6-22)41-28-20-24(11-12-34-28)35-13-15-36(16-14-35)29(38)19-21-3-1-2-4-21;24-23(25,26)20-14-17(3-6-21(20)30(31)32)13-16-1-4-19(5-2-16)33-22-15-18(7-8-28-22)29-11-9-27-10-12-29;8-7(9)5-6-3-1-2-4-6/h7,10-12,18,20-22,25H,1-6,8-9,13-17,19H2;3,6-8,14-16,19,27H,1-2,4-5,9-13H2;6H,1-5H2,(H,8,9). The number of anilines is 2. The number of carboxylic acids is 1. The lowest BCUT2D eigenvalue weighted by atomic mass is 9.83. The molecule has 2 aromatic heterocycles. The van der Waals surface area contributed by atoms with E-state index < -0.39 is 50.7 Å². The summed E-state index contributed by atoms with van der Waals surface area (Å²) in [4.78, 5) is 58.1. The molecule has 4 saturated carbocycles. The lowest BCUT2D eigenvalue weighted by Crippen LogP contribution is -2.49. The number of nitrogens with zero attached hydrogens (tertiary/aromatic N) is 7. The largest absolute Gasteiger partial charge is 0.481 e. The van der Waals surface area contributed by atoms with Gasteiger partial charge in [-0.2, -0.15) is 26.3 Å². The number of piperazine rings is 2. The summed E-state index contributed by atoms with van der Waals surface area (Å²) in [5, 5.41) is 33.7. The first-order valence-electron chi connectivity index (χ1n) is 29.4. The average Bonchev–Trinajstić information content (AvgIpc) is 4.29. The summed E-state index contributed by atoms with van der Waals surface area (Å²) < 4.78 is 92.1. The summed E-state index contributed by atoms with van der Waals surface area (Å²) in [5.41, 5.74) is -1.15. The van der Waals surface area contributed by atoms with Gasteiger partial charge in [0.2, 0.25) is 17.7 Å². The highest BCUT2D eigenvalue weighted by atomic mass is 19.4. The Labute approximate surface area is 479 Å². The summed E-state index contributed by atoms with van der Waals surface area (Å²) >= 11 is 0. The minimum atomic E-state index is -4.77. The average molecular weight is 1170 g/mol. The highest BCUT2D eigenvalue weighted by Crippen LogP contribution is 2.40. The first-order valence-corrected chi connectivity index (χ1v) is 29.4. The lowest BCUT2D eigenvalue weighted by Gasteiger charge is -2.36. The van der Waals surface area contributed by atoms with E-state index in [2.05, 4.69) is 25.1 Å². The number of aliphatic carboxylic acids is 1. The van der Waals surface area contributed by atoms with E-state index in [0.717, 1.165) is 139 Å². The number of nitrogens with one attached hydrogen (secondary N) is 1. The second kappa shape index (κ2) is 29.2. The third-order valence-corrected chi connectivity index (χ3v) is 17.1. The number of carbonyl (C=O) groups excluding carboxylic acids is 1. The maximum atomic E-state index is 13.3. The van der Waals surface area contributed by atoms with Crippen LogP contribution in [0.2, 0.25) is 0 Å². The van der Waals surface area contributed by atoms with E-state index >= 15 is 0 Å². The van der Waals surface area contributed by atoms with Crippen LogP contribution in [-0.4, -0.2) is 106 Å². The van der Waals surface area contributed by atoms with Crippen LogP contribution in [0.4, 0.5) is 49.1 Å². The number of carboxylic acid groups (broad SMARTS) is 1. The maximum Gasteiger partial charge on any atom is 0.423 e. The van der Waals surface area contributed by atoms with Crippen molar-refractivity contribution in [2.45, 2.75) is 153 Å². The maximum absolute atomic E-state index is 13.3. The zero-order valence-corrected chi connectivity index (χ0v) is 46.8. The van der Waals surface area contributed by atoms with E-state index in [-0.39, 0.29) is 30.0 Å². The van der Waals surface area contributed by atoms with Crippen LogP contribution < -0.4 is 24.6 Å². The predicted octanol–water partition coefficient (Wildman–Crippen LogP) is 12.7. The molecule has 2 aromatic carbocycles. The van der Waals surface area contributed by atoms with Gasteiger partial charge in [0.1, 0.15) is 23.3 Å². The highest BCUT2D eigenvalue weighted by Gasteiger charge is 2.40. The number of rotatable bonds is 16. The van der Waals surface area contributed by atoms with Crippen LogP contribution in [0.25, 0.3) is 0 Å². The minimum Gasteiger partial charge on any atom is -0.481 e. The van der Waals surface area contributed by atoms with Crippen LogP contribution >= 0.6 is 0 Å². The Morgan fingerprint density at radius 2 is 0.964 bits per heavy atom. The number of alkyl halides is 6. The molecule has 452 valence electrons. The molecule has 0 atom stereocenters. The van der Waals surface area contributed by atoms with Crippen LogP contribution in [-0.2, 0) is 34.8 Å². The van der Waals surface area contributed by atoms with Crippen molar-refractivity contribution in [3.8, 4) is 11.8 Å². The molecule has 6 aliphatic rings. The quantitative estimate of drug-likeness (QED) is 0.0608. The second-order valence-corrected chi connectivity index (χ2v) is 23.1. The van der Waals surface area contributed by atoms with Gasteiger partial charge < -0.3 is 34.6 Å². The number of nitro groups is 2. The van der Waals surface area contributed by atoms with Crippen LogP contribution in [0.3, 0.4) is 0 Å². The van der Waals surface area contributed by atoms with Gasteiger partial charge in [-0.05, 0) is 149 Å². The Kier molecular flexibility index (Phi) is 21.9. The van der Waals surface area contributed by atoms with E-state index in [9.17, 15) is 56.2 Å². The summed E-state index contributed by atoms with van der Waals surface area (Å²) in [6.45, 7) is 6.73. The molecule has 4 aromatic rings. The number of benzene rings is 2. The summed E-state index contributed by atoms with van der Waals surface area (Å²) in [6.07, 6.45) is 11.8. The number of carbonyl (C=O) groups is 2. The molecule has 17 nitrogen and oxygen atoms in total. The molecule has 4 heterocycles. The summed E-state index contributed by atoms with van der Waals surface area (Å²) in [6, 6.07) is 14.5. The Morgan fingerprint density at radius 3 is 1.36 bits per heavy atom. The van der Waals surface area contributed by atoms with Crippen LogP contribution in [0.5, 0.6) is 11.8 Å². The minimum absolute atomic E-state index is 0.0228. The number of halogens is 6. The lowest BCUT2D eigenvalue weighted by molar-refractivity contribution is -0.388. The van der Waals surface area contributed by atoms with Crippen molar-refractivity contribution in [3.63, 3.8) is 0 Å². The van der Waals surface area contributed by atoms with E-state index in [0.29, 0.717) is 73.5 Å². The van der Waals surface area contributed by atoms with Gasteiger partial charge >= 0.3 is 18.3 Å². The molecule has 83 heavy (non-hydrogen) atoms. The summed E-state index contributed by atoms with van der Waals surface area (Å²) in [7, 11) is 0. The molecule has 0 bridgehead atoms. The monoisotopic (exact) mass is 1170 g/mol. The third kappa shape index (κ3) is 18.6. The molecule has 0 spiro atoms. The SMILES string of the molecule is O=C(CC1CCCC1)N1CCN(c2ccnc(OC3CCC(Cc4ccc([N+](=O)[O-])c(C(F)(F)F)c4)CC3)c2)CC1.O=C(O)CC1CCCC1.O=[N+]([O-])c1ccc(CC2CCC(Oc3cc(N4CCNCC4)ccn3)CC2)cc1C(F)(F)F. The first kappa shape index (κ1) is 62.3. The normalized spacial score (nSPS) is 21.7. The zero-order valence-electron chi connectivity index (χ0n) is 46.8. The van der Waals surface area contributed by atoms with Crippen molar-refractivity contribution in [2.75, 3.05) is 62.2 Å². The smallest absolute Gasteiger partial charge is 0.423 e. The molecule has 0 unspecified atom stereocenters. The fraction of sp³-hybridized carbons (Fsp3) is 0.600. The number of hydrogen-bond acceptors (Lipinski definition) is 13. The molecular weight excluding hydrogens is 1090 g/mol. The zero-order chi connectivity index (χ0) is 59.1. The van der Waals surface area contributed by atoms with Gasteiger partial charge in [0, 0.05) is 113 Å². The molecule has 2 N–H and O–H groups in total. The van der Waals surface area contributed by atoms with Crippen LogP contribution in [0.15, 0.2) is 73.1 Å². The van der Waals surface area contributed by atoms with Crippen molar-refractivity contribution in [1.82, 2.24) is 20.2 Å². The molecular formula is C60H76F6N8O9. The van der Waals surface area contributed by atoms with E-state index in [1.165, 1.54) is 50.7 Å². The summed E-state index contributed by atoms with van der Waals surface area (Å²) in [5.74, 6) is 2.23. The molecule has 2 saturated heterocycles. The third-order valence-electron chi connectivity index (χ3n) is 17.1. The second-order valence-electron chi connectivity index (χ2n) is 23.1. The van der Waals surface area contributed by atoms with E-state index in [1.54, 1.807) is 12.4 Å². The van der Waals surface area contributed by atoms with Gasteiger partial charge in [0.15, 0.2) is 0 Å². The van der Waals surface area contributed by atoms with Gasteiger partial charge in [0.05, 0.1) is 9.85 Å². The van der Waals surface area contributed by atoms with Crippen LogP contribution in [0, 0.1) is 43.9 Å². The molecule has 6 fully saturated rings. The molecule has 23 heteroatoms. The molecule has 0 radical (unpaired) electrons. The Bertz CT molecular complexity index is 2780. The molecule has 4 aliphatic carbocycles. The van der Waals surface area contributed by atoms with Crippen molar-refractivity contribution in [2.24, 2.45) is 23.7 Å². The molecule has 10 rings (SSSR count). The number of aromatic nitrogens is 2. The number of amides is 1. The number of hydrogen-bond donors (Lipinski definition) is 2. The Hall–Kier alpha value is -6.78. The topological polar surface area (TPSA) is 207 Å². The van der Waals surface area contributed by atoms with Gasteiger partial charge in [-0.15, -0.1) is 0 Å². The number of pyridine rings is 2. The number of nitro benzene ring substituents is 2. The van der Waals surface area contributed by atoms with E-state index in [4.69, 9.17) is 14.6 Å². The van der Waals surface area contributed by atoms with Gasteiger partial charge in [-0.25, -0.2) is 9.97 Å². The van der Waals surface area contributed by atoms with Gasteiger partial charge in [0.25, 0.3) is 11.4 Å². The van der Waals surface area contributed by atoms with Crippen molar-refractivity contribution < 1.29 is 60.4 Å². The molecule has 2 aliphatic heterocycles. The fourth-order valence-corrected chi connectivity index (χ4v) is 12.6. The fourth-order valence-electron chi connectivity index (χ4n) is 12.6. The van der Waals surface area contributed by atoms with Gasteiger partial charge in [-0.3, -0.25) is 29.8 Å². The Balaban J connectivity index is 0.000000191. The van der Waals surface area contributed by atoms with Crippen molar-refractivity contribution in [1.29, 1.82) is 0 Å². The van der Waals surface area contributed by atoms with E-state index in [1.807, 2.05) is 29.2 Å². The predicted molar refractivity (Wildman–Crippen MR) is 299 cm³/mol. The molecule has 1 amide bonds. The van der Waals surface area contributed by atoms with Gasteiger partial charge in [-0.1, -0.05) is 37.8 Å². The first-order chi connectivity index (χ1) is 39.7. The number of ether oxygens (including phenoxy) is 2. The van der Waals surface area contributed by atoms with Crippen molar-refractivity contribution >= 4 is 34.6 Å².